The van der Waals surface area contributed by atoms with Crippen molar-refractivity contribution in [3.05, 3.63) is 35.9 Å². The van der Waals surface area contributed by atoms with Crippen LogP contribution in [0.1, 0.15) is 22.8 Å². The first-order chi connectivity index (χ1) is 10.6. The van der Waals surface area contributed by atoms with E-state index in [-0.39, 0.29) is 11.9 Å². The highest BCUT2D eigenvalue weighted by Crippen LogP contribution is 2.33. The van der Waals surface area contributed by atoms with E-state index in [2.05, 4.69) is 18.8 Å². The Morgan fingerprint density at radius 2 is 2.23 bits per heavy atom. The Balaban J connectivity index is 2.39. The lowest BCUT2D eigenvalue weighted by Crippen LogP contribution is -2.52. The van der Waals surface area contributed by atoms with Crippen LogP contribution in [0.5, 0.6) is 11.5 Å². The van der Waals surface area contributed by atoms with Crippen molar-refractivity contribution in [1.29, 1.82) is 0 Å². The number of nitrogens with one attached hydrogen (secondary N) is 1. The van der Waals surface area contributed by atoms with Crippen molar-refractivity contribution in [2.45, 2.75) is 19.4 Å². The molecule has 1 aliphatic heterocycles. The number of nitrogens with zero attached hydrogens (tertiary/aromatic N) is 1. The quantitative estimate of drug-likeness (QED) is 0.844. The van der Waals surface area contributed by atoms with Gasteiger partial charge in [-0.05, 0) is 25.5 Å². The molecule has 2 rings (SSSR count). The highest BCUT2D eigenvalue weighted by Gasteiger charge is 2.25. The van der Waals surface area contributed by atoms with Crippen molar-refractivity contribution in [3.8, 4) is 11.5 Å². The molecule has 1 heterocycles. The van der Waals surface area contributed by atoms with Gasteiger partial charge < -0.3 is 19.7 Å². The molecule has 1 aromatic rings. The summed E-state index contributed by atoms with van der Waals surface area (Å²) >= 11 is 0. The van der Waals surface area contributed by atoms with E-state index >= 15 is 0 Å². The lowest BCUT2D eigenvalue weighted by molar-refractivity contribution is 0.0655. The average Bonchev–Trinajstić information content (AvgIpc) is 2.54. The molecule has 1 atom stereocenters. The fourth-order valence-electron chi connectivity index (χ4n) is 2.78. The number of ether oxygens (including phenoxy) is 2. The topological polar surface area (TPSA) is 50.8 Å². The standard InChI is InChI=1S/C17H24N2O3/c1-5-6-13-9-14(10-15(21-3)16(13)22-4)17(20)19-8-7-18-11-12(19)2/h5,9-10,12,18H,1,6-8,11H2,2-4H3/t12-/m0/s1. The molecule has 1 N–H and O–H groups in total. The zero-order valence-electron chi connectivity index (χ0n) is 13.5. The van der Waals surface area contributed by atoms with E-state index in [0.717, 1.165) is 18.7 Å². The van der Waals surface area contributed by atoms with Gasteiger partial charge in [0, 0.05) is 36.8 Å². The van der Waals surface area contributed by atoms with Crippen molar-refractivity contribution >= 4 is 5.91 Å². The van der Waals surface area contributed by atoms with Crippen LogP contribution in [0.3, 0.4) is 0 Å². The molecule has 1 amide bonds. The number of benzene rings is 1. The number of carbonyl (C=O) groups is 1. The molecule has 22 heavy (non-hydrogen) atoms. The van der Waals surface area contributed by atoms with Gasteiger partial charge in [-0.2, -0.15) is 0 Å². The highest BCUT2D eigenvalue weighted by atomic mass is 16.5. The van der Waals surface area contributed by atoms with Crippen LogP contribution in [-0.2, 0) is 6.42 Å². The van der Waals surface area contributed by atoms with Crippen LogP contribution >= 0.6 is 0 Å². The summed E-state index contributed by atoms with van der Waals surface area (Å²) in [4.78, 5) is 14.7. The summed E-state index contributed by atoms with van der Waals surface area (Å²) in [6.07, 6.45) is 2.41. The number of hydrogen-bond donors (Lipinski definition) is 1. The summed E-state index contributed by atoms with van der Waals surface area (Å²) in [7, 11) is 3.18. The number of allylic oxidation sites excluding steroid dienone is 1. The van der Waals surface area contributed by atoms with Gasteiger partial charge >= 0.3 is 0 Å². The van der Waals surface area contributed by atoms with Gasteiger partial charge in [0.05, 0.1) is 14.2 Å². The number of methoxy groups -OCH3 is 2. The minimum Gasteiger partial charge on any atom is -0.493 e. The lowest BCUT2D eigenvalue weighted by atomic mass is 10.0. The molecule has 0 unspecified atom stereocenters. The molecule has 0 aromatic heterocycles. The number of hydrogen-bond acceptors (Lipinski definition) is 4. The van der Waals surface area contributed by atoms with E-state index < -0.39 is 0 Å². The molecule has 0 saturated carbocycles. The normalized spacial score (nSPS) is 18.0. The Kier molecular flexibility index (Phi) is 5.44. The van der Waals surface area contributed by atoms with E-state index in [1.54, 1.807) is 26.4 Å². The summed E-state index contributed by atoms with van der Waals surface area (Å²) in [5.41, 5.74) is 1.53. The van der Waals surface area contributed by atoms with E-state index in [9.17, 15) is 4.79 Å². The van der Waals surface area contributed by atoms with Crippen molar-refractivity contribution in [1.82, 2.24) is 10.2 Å². The predicted octanol–water partition coefficient (Wildman–Crippen LogP) is 1.87. The summed E-state index contributed by atoms with van der Waals surface area (Å²) in [5.74, 6) is 1.26. The number of rotatable bonds is 5. The maximum atomic E-state index is 12.8. The summed E-state index contributed by atoms with van der Waals surface area (Å²) in [6, 6.07) is 3.81. The smallest absolute Gasteiger partial charge is 0.254 e. The molecule has 1 aromatic carbocycles. The first kappa shape index (κ1) is 16.4. The molecule has 1 fully saturated rings. The van der Waals surface area contributed by atoms with Crippen LogP contribution in [-0.4, -0.2) is 50.7 Å². The fraction of sp³-hybridized carbons (Fsp3) is 0.471. The number of piperazine rings is 1. The zero-order valence-corrected chi connectivity index (χ0v) is 13.5. The second-order valence-corrected chi connectivity index (χ2v) is 5.42. The fourth-order valence-corrected chi connectivity index (χ4v) is 2.78. The van der Waals surface area contributed by atoms with Crippen molar-refractivity contribution in [2.75, 3.05) is 33.9 Å². The summed E-state index contributed by atoms with van der Waals surface area (Å²) in [6.45, 7) is 8.17. The van der Waals surface area contributed by atoms with Crippen molar-refractivity contribution in [3.63, 3.8) is 0 Å². The van der Waals surface area contributed by atoms with Crippen molar-refractivity contribution < 1.29 is 14.3 Å². The van der Waals surface area contributed by atoms with Gasteiger partial charge in [0.1, 0.15) is 0 Å². The lowest BCUT2D eigenvalue weighted by Gasteiger charge is -2.34. The largest absolute Gasteiger partial charge is 0.493 e. The van der Waals surface area contributed by atoms with Gasteiger partial charge in [0.15, 0.2) is 11.5 Å². The maximum absolute atomic E-state index is 12.8. The third-order valence-electron chi connectivity index (χ3n) is 3.93. The van der Waals surface area contributed by atoms with E-state index in [4.69, 9.17) is 9.47 Å². The second kappa shape index (κ2) is 7.31. The number of amides is 1. The van der Waals surface area contributed by atoms with Crippen LogP contribution in [0.4, 0.5) is 0 Å². The van der Waals surface area contributed by atoms with Gasteiger partial charge in [-0.15, -0.1) is 6.58 Å². The summed E-state index contributed by atoms with van der Waals surface area (Å²) in [5, 5.41) is 3.29. The van der Waals surface area contributed by atoms with Gasteiger partial charge in [0.25, 0.3) is 5.91 Å². The Morgan fingerprint density at radius 1 is 1.45 bits per heavy atom. The van der Waals surface area contributed by atoms with E-state index in [1.165, 1.54) is 0 Å². The van der Waals surface area contributed by atoms with Crippen molar-refractivity contribution in [2.24, 2.45) is 0 Å². The number of carbonyl (C=O) groups excluding carboxylic acids is 1. The van der Waals surface area contributed by atoms with Crippen LogP contribution in [0.25, 0.3) is 0 Å². The monoisotopic (exact) mass is 304 g/mol. The first-order valence-electron chi connectivity index (χ1n) is 7.49. The second-order valence-electron chi connectivity index (χ2n) is 5.42. The van der Waals surface area contributed by atoms with Crippen LogP contribution in [0, 0.1) is 0 Å². The first-order valence-corrected chi connectivity index (χ1v) is 7.49. The molecule has 5 nitrogen and oxygen atoms in total. The molecule has 1 saturated heterocycles. The Morgan fingerprint density at radius 3 is 2.82 bits per heavy atom. The van der Waals surface area contributed by atoms with Gasteiger partial charge in [-0.3, -0.25) is 4.79 Å². The molecular weight excluding hydrogens is 280 g/mol. The van der Waals surface area contributed by atoms with Crippen LogP contribution in [0.15, 0.2) is 24.8 Å². The Bertz CT molecular complexity index is 557. The molecule has 0 spiro atoms. The molecular formula is C17H24N2O3. The Hall–Kier alpha value is -2.01. The van der Waals surface area contributed by atoms with Gasteiger partial charge in [-0.1, -0.05) is 6.08 Å². The van der Waals surface area contributed by atoms with Crippen LogP contribution < -0.4 is 14.8 Å². The SMILES string of the molecule is C=CCc1cc(C(=O)N2CCNC[C@@H]2C)cc(OC)c1OC. The summed E-state index contributed by atoms with van der Waals surface area (Å²) < 4.78 is 10.8. The minimum absolute atomic E-state index is 0.0280. The van der Waals surface area contributed by atoms with Gasteiger partial charge in [0.2, 0.25) is 0 Å². The molecule has 0 aliphatic carbocycles. The molecule has 0 radical (unpaired) electrons. The van der Waals surface area contributed by atoms with Crippen LogP contribution in [0.2, 0.25) is 0 Å². The molecule has 120 valence electrons. The predicted molar refractivity (Wildman–Crippen MR) is 86.8 cm³/mol. The molecule has 1 aliphatic rings. The molecule has 0 bridgehead atoms. The highest BCUT2D eigenvalue weighted by molar-refractivity contribution is 5.95. The van der Waals surface area contributed by atoms with Gasteiger partial charge in [-0.25, -0.2) is 0 Å². The zero-order chi connectivity index (χ0) is 16.1. The minimum atomic E-state index is 0.0280. The Labute approximate surface area is 131 Å². The maximum Gasteiger partial charge on any atom is 0.254 e. The van der Waals surface area contributed by atoms with E-state index in [0.29, 0.717) is 30.0 Å². The third-order valence-corrected chi connectivity index (χ3v) is 3.93. The molecule has 5 heteroatoms. The third kappa shape index (κ3) is 3.25. The average molecular weight is 304 g/mol. The van der Waals surface area contributed by atoms with E-state index in [1.807, 2.05) is 11.0 Å².